The summed E-state index contributed by atoms with van der Waals surface area (Å²) in [4.78, 5) is 5.11. The van der Waals surface area contributed by atoms with Gasteiger partial charge in [0.25, 0.3) is 0 Å². The SMILES string of the molecule is Cc1cc(C)c(-c2cn3c(n2)c2[c-]cccc2c2cc(C)cc(C)c23)c(C)c1.[Ir]. The zero-order valence-corrected chi connectivity index (χ0v) is 19.7. The van der Waals surface area contributed by atoms with Gasteiger partial charge in [-0.2, -0.15) is 0 Å². The van der Waals surface area contributed by atoms with E-state index in [1.54, 1.807) is 0 Å². The Labute approximate surface area is 184 Å². The minimum atomic E-state index is 0. The average Bonchev–Trinajstić information content (AvgIpc) is 3.05. The van der Waals surface area contributed by atoms with Crippen LogP contribution in [0.1, 0.15) is 27.8 Å². The molecule has 2 nitrogen and oxygen atoms in total. The minimum absolute atomic E-state index is 0. The van der Waals surface area contributed by atoms with Gasteiger partial charge in [0.05, 0.1) is 11.3 Å². The van der Waals surface area contributed by atoms with Gasteiger partial charge in [0.1, 0.15) is 0 Å². The normalized spacial score (nSPS) is 11.3. The van der Waals surface area contributed by atoms with Gasteiger partial charge in [-0.1, -0.05) is 40.8 Å². The van der Waals surface area contributed by atoms with Crippen molar-refractivity contribution in [3.8, 4) is 11.3 Å². The summed E-state index contributed by atoms with van der Waals surface area (Å²) < 4.78 is 2.26. The van der Waals surface area contributed by atoms with Crippen LogP contribution >= 0.6 is 0 Å². The summed E-state index contributed by atoms with van der Waals surface area (Å²) in [5, 5.41) is 3.55. The van der Waals surface area contributed by atoms with Crippen molar-refractivity contribution < 1.29 is 20.1 Å². The maximum absolute atomic E-state index is 5.11. The summed E-state index contributed by atoms with van der Waals surface area (Å²) in [5.41, 5.74) is 10.8. The van der Waals surface area contributed by atoms with Gasteiger partial charge in [-0.3, -0.25) is 4.98 Å². The Kier molecular flexibility index (Phi) is 4.85. The largest absolute Gasteiger partial charge is 0.339 e. The molecule has 0 aliphatic rings. The molecule has 0 bridgehead atoms. The van der Waals surface area contributed by atoms with Crippen LogP contribution in [-0.4, -0.2) is 9.38 Å². The molecule has 0 saturated heterocycles. The van der Waals surface area contributed by atoms with E-state index in [1.165, 1.54) is 49.7 Å². The molecule has 0 atom stereocenters. The molecule has 0 N–H and O–H groups in total. The zero-order valence-electron chi connectivity index (χ0n) is 17.3. The maximum Gasteiger partial charge on any atom is 0.0777 e. The van der Waals surface area contributed by atoms with Gasteiger partial charge in [0, 0.05) is 37.4 Å². The number of aryl methyl sites for hydroxylation is 5. The van der Waals surface area contributed by atoms with Crippen LogP contribution in [0.3, 0.4) is 0 Å². The fraction of sp³-hybridized carbons (Fsp3) is 0.192. The molecule has 0 amide bonds. The monoisotopic (exact) mass is 556 g/mol. The van der Waals surface area contributed by atoms with Crippen LogP contribution in [-0.2, 0) is 20.1 Å². The van der Waals surface area contributed by atoms with E-state index in [1.807, 2.05) is 6.07 Å². The Morgan fingerprint density at radius 1 is 0.828 bits per heavy atom. The second-order valence-electron chi connectivity index (χ2n) is 8.03. The van der Waals surface area contributed by atoms with Crippen LogP contribution in [0.15, 0.2) is 48.7 Å². The molecular weight excluding hydrogens is 533 g/mol. The van der Waals surface area contributed by atoms with E-state index in [-0.39, 0.29) is 20.1 Å². The first kappa shape index (κ1) is 19.8. The summed E-state index contributed by atoms with van der Waals surface area (Å²) in [6.07, 6.45) is 2.20. The molecule has 0 aliphatic carbocycles. The third kappa shape index (κ3) is 3.01. The molecule has 5 rings (SSSR count). The second kappa shape index (κ2) is 7.09. The van der Waals surface area contributed by atoms with Crippen LogP contribution in [0.4, 0.5) is 0 Å². The molecule has 1 radical (unpaired) electrons. The molecule has 2 aromatic heterocycles. The number of pyridine rings is 1. The van der Waals surface area contributed by atoms with Crippen molar-refractivity contribution >= 4 is 27.3 Å². The molecule has 29 heavy (non-hydrogen) atoms. The molecule has 0 unspecified atom stereocenters. The van der Waals surface area contributed by atoms with E-state index in [2.05, 4.69) is 87.7 Å². The third-order valence-corrected chi connectivity index (χ3v) is 5.69. The maximum atomic E-state index is 5.11. The number of benzene rings is 3. The minimum Gasteiger partial charge on any atom is -0.339 e. The van der Waals surface area contributed by atoms with Crippen LogP contribution < -0.4 is 0 Å². The van der Waals surface area contributed by atoms with Crippen LogP contribution in [0.5, 0.6) is 0 Å². The van der Waals surface area contributed by atoms with E-state index in [9.17, 15) is 0 Å². The van der Waals surface area contributed by atoms with Crippen molar-refractivity contribution in [2.45, 2.75) is 34.6 Å². The van der Waals surface area contributed by atoms with E-state index in [0.29, 0.717) is 0 Å². The van der Waals surface area contributed by atoms with Gasteiger partial charge in [-0.25, -0.2) is 0 Å². The molecule has 5 aromatic rings. The number of hydrogen-bond acceptors (Lipinski definition) is 1. The number of hydrogen-bond donors (Lipinski definition) is 0. The first-order valence-corrected chi connectivity index (χ1v) is 9.74. The van der Waals surface area contributed by atoms with Crippen molar-refractivity contribution in [3.05, 3.63) is 82.5 Å². The fourth-order valence-corrected chi connectivity index (χ4v) is 4.76. The van der Waals surface area contributed by atoms with Crippen LogP contribution in [0.2, 0.25) is 0 Å². The smallest absolute Gasteiger partial charge is 0.0777 e. The first-order chi connectivity index (χ1) is 13.4. The summed E-state index contributed by atoms with van der Waals surface area (Å²) in [7, 11) is 0. The molecular formula is C26H23IrN2-. The Morgan fingerprint density at radius 2 is 1.48 bits per heavy atom. The van der Waals surface area contributed by atoms with E-state index in [0.717, 1.165) is 16.7 Å². The summed E-state index contributed by atoms with van der Waals surface area (Å²) in [6.45, 7) is 10.9. The second-order valence-corrected chi connectivity index (χ2v) is 8.03. The zero-order chi connectivity index (χ0) is 19.6. The topological polar surface area (TPSA) is 17.3 Å². The number of imidazole rings is 1. The van der Waals surface area contributed by atoms with Gasteiger partial charge in [-0.05, 0) is 56.7 Å². The number of aromatic nitrogens is 2. The molecule has 2 heterocycles. The van der Waals surface area contributed by atoms with Crippen LogP contribution in [0, 0.1) is 40.7 Å². The Hall–Kier alpha value is -2.48. The van der Waals surface area contributed by atoms with Gasteiger partial charge in [0.2, 0.25) is 0 Å². The van der Waals surface area contributed by atoms with Crippen molar-refractivity contribution in [1.82, 2.24) is 9.38 Å². The summed E-state index contributed by atoms with van der Waals surface area (Å²) in [5.74, 6) is 0. The number of fused-ring (bicyclic) bond motifs is 6. The van der Waals surface area contributed by atoms with Crippen molar-refractivity contribution in [3.63, 3.8) is 0 Å². The number of rotatable bonds is 1. The van der Waals surface area contributed by atoms with Crippen molar-refractivity contribution in [2.24, 2.45) is 0 Å². The standard InChI is InChI=1S/C26H23N2.Ir/c1-15-10-17(3)24(18(4)11-15)23-14-28-25-19(5)12-16(2)13-22(25)20-8-6-7-9-21(20)26(28)27-23;/h6-8,10-14H,1-5H3;/q-1;. The first-order valence-electron chi connectivity index (χ1n) is 9.74. The van der Waals surface area contributed by atoms with Gasteiger partial charge >= 0.3 is 0 Å². The van der Waals surface area contributed by atoms with Crippen molar-refractivity contribution in [1.29, 1.82) is 0 Å². The number of nitrogens with zero attached hydrogens (tertiary/aromatic N) is 2. The predicted octanol–water partition coefficient (Wildman–Crippen LogP) is 6.65. The molecule has 0 saturated carbocycles. The average molecular weight is 556 g/mol. The van der Waals surface area contributed by atoms with E-state index >= 15 is 0 Å². The molecule has 0 spiro atoms. The van der Waals surface area contributed by atoms with Gasteiger partial charge in [-0.15, -0.1) is 29.7 Å². The van der Waals surface area contributed by atoms with E-state index < -0.39 is 0 Å². The Balaban J connectivity index is 0.00000205. The molecule has 0 aliphatic heterocycles. The fourth-order valence-electron chi connectivity index (χ4n) is 4.76. The molecule has 147 valence electrons. The quantitative estimate of drug-likeness (QED) is 0.167. The predicted molar refractivity (Wildman–Crippen MR) is 118 cm³/mol. The van der Waals surface area contributed by atoms with Gasteiger partial charge < -0.3 is 4.40 Å². The molecule has 3 heteroatoms. The molecule has 3 aromatic carbocycles. The summed E-state index contributed by atoms with van der Waals surface area (Å²) >= 11 is 0. The molecule has 0 fully saturated rings. The summed E-state index contributed by atoms with van der Waals surface area (Å²) in [6, 6.07) is 18.7. The Bertz CT molecular complexity index is 1390. The van der Waals surface area contributed by atoms with Crippen LogP contribution in [0.25, 0.3) is 38.6 Å². The third-order valence-electron chi connectivity index (χ3n) is 5.69. The van der Waals surface area contributed by atoms with Gasteiger partial charge in [0.15, 0.2) is 0 Å². The Morgan fingerprint density at radius 3 is 2.21 bits per heavy atom. The van der Waals surface area contributed by atoms with Crippen molar-refractivity contribution in [2.75, 3.05) is 0 Å². The van der Waals surface area contributed by atoms with E-state index in [4.69, 9.17) is 4.98 Å².